The zero-order valence-corrected chi connectivity index (χ0v) is 12.9. The van der Waals surface area contributed by atoms with Crippen molar-refractivity contribution < 1.29 is 14.6 Å². The van der Waals surface area contributed by atoms with Gasteiger partial charge in [-0.15, -0.1) is 0 Å². The molecule has 1 unspecified atom stereocenters. The van der Waals surface area contributed by atoms with Crippen molar-refractivity contribution in [3.8, 4) is 0 Å². The summed E-state index contributed by atoms with van der Waals surface area (Å²) >= 11 is 0. The molecule has 1 aromatic carbocycles. The molecular formula is C15H25N3O3. The number of nitrogen functional groups attached to an aromatic ring is 1. The Hall–Kier alpha value is -1.63. The van der Waals surface area contributed by atoms with Crippen LogP contribution in [0.15, 0.2) is 18.2 Å². The summed E-state index contributed by atoms with van der Waals surface area (Å²) in [5.74, 6) is -0.0593. The van der Waals surface area contributed by atoms with E-state index in [4.69, 9.17) is 10.5 Å². The highest BCUT2D eigenvalue weighted by Crippen LogP contribution is 2.17. The first-order valence-electron chi connectivity index (χ1n) is 6.94. The van der Waals surface area contributed by atoms with Gasteiger partial charge in [-0.1, -0.05) is 0 Å². The van der Waals surface area contributed by atoms with Gasteiger partial charge in [0.25, 0.3) is 0 Å². The molecule has 1 aromatic rings. The largest absolute Gasteiger partial charge is 0.399 e. The number of hydrogen-bond acceptors (Lipinski definition) is 5. The first-order chi connectivity index (χ1) is 9.92. The molecule has 0 radical (unpaired) electrons. The number of nitrogens with two attached hydrogens (primary N) is 1. The number of carbonyl (C=O) groups excluding carboxylic acids is 1. The Morgan fingerprint density at radius 2 is 2.24 bits per heavy atom. The van der Waals surface area contributed by atoms with Crippen molar-refractivity contribution in [3.63, 3.8) is 0 Å². The molecule has 1 amide bonds. The highest BCUT2D eigenvalue weighted by Gasteiger charge is 2.10. The maximum atomic E-state index is 11.9. The van der Waals surface area contributed by atoms with E-state index in [2.05, 4.69) is 5.32 Å². The lowest BCUT2D eigenvalue weighted by molar-refractivity contribution is -0.116. The molecule has 21 heavy (non-hydrogen) atoms. The minimum absolute atomic E-state index is 0.0593. The molecule has 6 nitrogen and oxygen atoms in total. The second kappa shape index (κ2) is 8.61. The van der Waals surface area contributed by atoms with Gasteiger partial charge < -0.3 is 25.8 Å². The number of hydrogen-bond donors (Lipinski definition) is 3. The minimum atomic E-state index is -0.539. The van der Waals surface area contributed by atoms with E-state index in [-0.39, 0.29) is 5.91 Å². The van der Waals surface area contributed by atoms with Gasteiger partial charge in [0, 0.05) is 38.0 Å². The zero-order chi connectivity index (χ0) is 15.8. The van der Waals surface area contributed by atoms with Gasteiger partial charge in [-0.2, -0.15) is 0 Å². The molecule has 0 aliphatic rings. The monoisotopic (exact) mass is 295 g/mol. The topological polar surface area (TPSA) is 87.8 Å². The zero-order valence-electron chi connectivity index (χ0n) is 12.9. The standard InChI is InChI=1S/C15H25N3O3/c1-11-8-12(16)4-5-14(11)17-15(20)6-7-18(2)9-13(19)10-21-3/h4-5,8,13,19H,6-7,9-10,16H2,1-3H3,(H,17,20). The van der Waals surface area contributed by atoms with E-state index >= 15 is 0 Å². The first kappa shape index (κ1) is 17.4. The molecule has 0 bridgehead atoms. The van der Waals surface area contributed by atoms with Crippen molar-refractivity contribution in [2.75, 3.05) is 44.9 Å². The molecule has 0 heterocycles. The lowest BCUT2D eigenvalue weighted by Gasteiger charge is -2.19. The molecule has 0 saturated heterocycles. The van der Waals surface area contributed by atoms with Gasteiger partial charge in [-0.25, -0.2) is 0 Å². The molecule has 1 atom stereocenters. The highest BCUT2D eigenvalue weighted by atomic mass is 16.5. The van der Waals surface area contributed by atoms with Gasteiger partial charge in [0.1, 0.15) is 0 Å². The van der Waals surface area contributed by atoms with Gasteiger partial charge in [0.05, 0.1) is 12.7 Å². The van der Waals surface area contributed by atoms with Crippen molar-refractivity contribution in [1.29, 1.82) is 0 Å². The Balaban J connectivity index is 2.37. The van der Waals surface area contributed by atoms with Gasteiger partial charge in [-0.3, -0.25) is 4.79 Å². The van der Waals surface area contributed by atoms with Crippen LogP contribution in [0.1, 0.15) is 12.0 Å². The third-order valence-corrected chi connectivity index (χ3v) is 3.13. The first-order valence-corrected chi connectivity index (χ1v) is 6.94. The van der Waals surface area contributed by atoms with Gasteiger partial charge in [0.2, 0.25) is 5.91 Å². The van der Waals surface area contributed by atoms with Gasteiger partial charge in [-0.05, 0) is 37.7 Å². The average Bonchev–Trinajstić information content (AvgIpc) is 2.40. The van der Waals surface area contributed by atoms with Crippen LogP contribution in [0.2, 0.25) is 0 Å². The van der Waals surface area contributed by atoms with E-state index in [9.17, 15) is 9.90 Å². The molecule has 6 heteroatoms. The second-order valence-electron chi connectivity index (χ2n) is 5.24. The van der Waals surface area contributed by atoms with Crippen LogP contribution in [0.25, 0.3) is 0 Å². The predicted octanol–water partition coefficient (Wildman–Crippen LogP) is 0.845. The van der Waals surface area contributed by atoms with Crippen molar-refractivity contribution in [2.24, 2.45) is 0 Å². The SMILES string of the molecule is COCC(O)CN(C)CCC(=O)Nc1ccc(N)cc1C. The molecule has 0 aromatic heterocycles. The number of anilines is 2. The second-order valence-corrected chi connectivity index (χ2v) is 5.24. The third kappa shape index (κ3) is 6.57. The van der Waals surface area contributed by atoms with E-state index < -0.39 is 6.10 Å². The van der Waals surface area contributed by atoms with Crippen LogP contribution in [0.5, 0.6) is 0 Å². The van der Waals surface area contributed by atoms with Gasteiger partial charge >= 0.3 is 0 Å². The fourth-order valence-electron chi connectivity index (χ4n) is 2.03. The van der Waals surface area contributed by atoms with Crippen LogP contribution >= 0.6 is 0 Å². The molecule has 0 spiro atoms. The highest BCUT2D eigenvalue weighted by molar-refractivity contribution is 5.91. The molecule has 0 aliphatic carbocycles. The van der Waals surface area contributed by atoms with Crippen LogP contribution in [-0.2, 0) is 9.53 Å². The van der Waals surface area contributed by atoms with Gasteiger partial charge in [0.15, 0.2) is 0 Å². The van der Waals surface area contributed by atoms with Crippen LogP contribution in [0.3, 0.4) is 0 Å². The quantitative estimate of drug-likeness (QED) is 0.619. The summed E-state index contributed by atoms with van der Waals surface area (Å²) in [5, 5.41) is 12.5. The van der Waals surface area contributed by atoms with Crippen molar-refractivity contribution in [3.05, 3.63) is 23.8 Å². The number of amides is 1. The Morgan fingerprint density at radius 3 is 2.86 bits per heavy atom. The lowest BCUT2D eigenvalue weighted by Crippen LogP contribution is -2.33. The summed E-state index contributed by atoms with van der Waals surface area (Å²) in [6.07, 6.45) is -0.178. The molecule has 118 valence electrons. The van der Waals surface area contributed by atoms with Crippen LogP contribution < -0.4 is 11.1 Å². The number of aryl methyl sites for hydroxylation is 1. The van der Waals surface area contributed by atoms with E-state index in [0.29, 0.717) is 31.8 Å². The summed E-state index contributed by atoms with van der Waals surface area (Å²) in [5.41, 5.74) is 8.06. The maximum absolute atomic E-state index is 11.9. The van der Waals surface area contributed by atoms with E-state index in [1.165, 1.54) is 0 Å². The van der Waals surface area contributed by atoms with Crippen molar-refractivity contribution >= 4 is 17.3 Å². The fourth-order valence-corrected chi connectivity index (χ4v) is 2.03. The fraction of sp³-hybridized carbons (Fsp3) is 0.533. The number of aliphatic hydroxyl groups excluding tert-OH is 1. The van der Waals surface area contributed by atoms with Crippen molar-refractivity contribution in [1.82, 2.24) is 4.90 Å². The molecular weight excluding hydrogens is 270 g/mol. The van der Waals surface area contributed by atoms with E-state index in [0.717, 1.165) is 11.3 Å². The maximum Gasteiger partial charge on any atom is 0.225 e. The summed E-state index contributed by atoms with van der Waals surface area (Å²) in [6, 6.07) is 5.38. The molecule has 1 rings (SSSR count). The Morgan fingerprint density at radius 1 is 1.52 bits per heavy atom. The molecule has 0 aliphatic heterocycles. The average molecular weight is 295 g/mol. The number of ether oxygens (including phenoxy) is 1. The summed E-state index contributed by atoms with van der Waals surface area (Å²) in [6.45, 7) is 3.24. The molecule has 0 saturated carbocycles. The molecule has 0 fully saturated rings. The van der Waals surface area contributed by atoms with Crippen molar-refractivity contribution in [2.45, 2.75) is 19.4 Å². The van der Waals surface area contributed by atoms with Crippen LogP contribution in [0.4, 0.5) is 11.4 Å². The van der Waals surface area contributed by atoms with E-state index in [1.807, 2.05) is 24.9 Å². The smallest absolute Gasteiger partial charge is 0.225 e. The van der Waals surface area contributed by atoms with Crippen LogP contribution in [-0.4, -0.2) is 55.9 Å². The number of benzene rings is 1. The number of likely N-dealkylation sites (N-methyl/N-ethyl adjacent to an activating group) is 1. The summed E-state index contributed by atoms with van der Waals surface area (Å²) in [7, 11) is 3.41. The molecule has 4 N–H and O–H groups in total. The Bertz CT molecular complexity index is 465. The summed E-state index contributed by atoms with van der Waals surface area (Å²) in [4.78, 5) is 13.8. The minimum Gasteiger partial charge on any atom is -0.399 e. The van der Waals surface area contributed by atoms with E-state index in [1.54, 1.807) is 19.2 Å². The summed E-state index contributed by atoms with van der Waals surface area (Å²) < 4.78 is 4.87. The number of carbonyl (C=O) groups is 1. The number of nitrogens with one attached hydrogen (secondary N) is 1. The third-order valence-electron chi connectivity index (χ3n) is 3.13. The van der Waals surface area contributed by atoms with Crippen LogP contribution in [0, 0.1) is 6.92 Å². The lowest BCUT2D eigenvalue weighted by atomic mass is 10.1. The Kier molecular flexibility index (Phi) is 7.14. The number of aliphatic hydroxyl groups is 1. The number of nitrogens with zero attached hydrogens (tertiary/aromatic N) is 1. The normalized spacial score (nSPS) is 12.4. The predicted molar refractivity (Wildman–Crippen MR) is 84.2 cm³/mol. The number of methoxy groups -OCH3 is 1. The number of rotatable bonds is 8. The Labute approximate surface area is 125 Å².